The number of benzene rings is 1. The molecule has 1 aromatic carbocycles. The second-order valence-corrected chi connectivity index (χ2v) is 9.47. The van der Waals surface area contributed by atoms with E-state index in [0.29, 0.717) is 5.92 Å². The quantitative estimate of drug-likeness (QED) is 0.634. The average Bonchev–Trinajstić information content (AvgIpc) is 3.58. The summed E-state index contributed by atoms with van der Waals surface area (Å²) in [6, 6.07) is 10.6. The van der Waals surface area contributed by atoms with Crippen LogP contribution in [0.3, 0.4) is 0 Å². The summed E-state index contributed by atoms with van der Waals surface area (Å²) in [7, 11) is 0. The van der Waals surface area contributed by atoms with Crippen molar-refractivity contribution in [1.82, 2.24) is 24.1 Å². The molecule has 2 aromatic rings. The predicted molar refractivity (Wildman–Crippen MR) is 120 cm³/mol. The molecule has 0 spiro atoms. The monoisotopic (exact) mass is 427 g/mol. The number of piperidine rings is 1. The second kappa shape index (κ2) is 9.30. The molecule has 162 valence electrons. The van der Waals surface area contributed by atoms with Crippen LogP contribution >= 0.6 is 12.2 Å². The van der Waals surface area contributed by atoms with Crippen molar-refractivity contribution in [2.45, 2.75) is 44.8 Å². The van der Waals surface area contributed by atoms with Gasteiger partial charge in [-0.15, -0.1) is 0 Å². The molecule has 1 aromatic heterocycles. The lowest BCUT2D eigenvalue weighted by Gasteiger charge is -2.35. The summed E-state index contributed by atoms with van der Waals surface area (Å²) in [4.78, 5) is 5.11. The lowest BCUT2D eigenvalue weighted by molar-refractivity contribution is 0.0228. The van der Waals surface area contributed by atoms with E-state index < -0.39 is 0 Å². The fourth-order valence-corrected chi connectivity index (χ4v) is 5.01. The van der Waals surface area contributed by atoms with Crippen LogP contribution in [0.1, 0.15) is 43.0 Å². The normalized spacial score (nSPS) is 21.9. The molecule has 2 saturated heterocycles. The van der Waals surface area contributed by atoms with E-state index >= 15 is 0 Å². The fraction of sp³-hybridized carbons (Fsp3) is 0.652. The molecular formula is C23H33N5OS. The van der Waals surface area contributed by atoms with Crippen molar-refractivity contribution in [1.29, 1.82) is 0 Å². The van der Waals surface area contributed by atoms with Gasteiger partial charge in [0.1, 0.15) is 5.82 Å². The Kier molecular flexibility index (Phi) is 6.32. The van der Waals surface area contributed by atoms with E-state index in [1.165, 1.54) is 43.6 Å². The first-order valence-corrected chi connectivity index (χ1v) is 11.9. The lowest BCUT2D eigenvalue weighted by Crippen LogP contribution is -2.43. The third-order valence-corrected chi connectivity index (χ3v) is 7.17. The minimum Gasteiger partial charge on any atom is -0.379 e. The highest BCUT2D eigenvalue weighted by molar-refractivity contribution is 7.71. The van der Waals surface area contributed by atoms with Gasteiger partial charge in [0.15, 0.2) is 4.77 Å². The van der Waals surface area contributed by atoms with E-state index in [0.717, 1.165) is 63.3 Å². The molecule has 3 fully saturated rings. The third-order valence-electron chi connectivity index (χ3n) is 6.74. The first kappa shape index (κ1) is 20.4. The molecule has 0 amide bonds. The highest BCUT2D eigenvalue weighted by Gasteiger charge is 2.31. The topological polar surface area (TPSA) is 38.5 Å². The van der Waals surface area contributed by atoms with Gasteiger partial charge in [0.05, 0.1) is 26.4 Å². The molecule has 0 unspecified atom stereocenters. The highest BCUT2D eigenvalue weighted by atomic mass is 32.1. The maximum absolute atomic E-state index is 5.88. The zero-order valence-corrected chi connectivity index (χ0v) is 18.6. The molecule has 30 heavy (non-hydrogen) atoms. The van der Waals surface area contributed by atoms with Crippen molar-refractivity contribution in [3.8, 4) is 0 Å². The standard InChI is InChI=1S/C23H33N5OS/c30-23-27(17-19-4-2-1-3-5-19)22(21-6-7-21)24-28(23)18-26-10-8-20(9-11-26)16-25-12-14-29-15-13-25/h1-5,20-21H,6-18H2. The number of morpholine rings is 1. The molecule has 1 aliphatic carbocycles. The van der Waals surface area contributed by atoms with Crippen LogP contribution < -0.4 is 0 Å². The van der Waals surface area contributed by atoms with E-state index in [1.54, 1.807) is 0 Å². The van der Waals surface area contributed by atoms with Gasteiger partial charge in [0, 0.05) is 38.6 Å². The van der Waals surface area contributed by atoms with Crippen LogP contribution in [0.4, 0.5) is 0 Å². The summed E-state index contributed by atoms with van der Waals surface area (Å²) in [5.41, 5.74) is 1.29. The number of aromatic nitrogens is 3. The zero-order chi connectivity index (χ0) is 20.3. The smallest absolute Gasteiger partial charge is 0.199 e. The van der Waals surface area contributed by atoms with Crippen LogP contribution in [0.25, 0.3) is 0 Å². The summed E-state index contributed by atoms with van der Waals surface area (Å²) in [5, 5.41) is 4.99. The Bertz CT molecular complexity index is 877. The van der Waals surface area contributed by atoms with Crippen molar-refractivity contribution in [3.05, 3.63) is 46.5 Å². The minimum absolute atomic E-state index is 0.593. The number of hydrogen-bond acceptors (Lipinski definition) is 5. The zero-order valence-electron chi connectivity index (χ0n) is 17.8. The molecule has 3 heterocycles. The Morgan fingerprint density at radius 1 is 0.933 bits per heavy atom. The van der Waals surface area contributed by atoms with Gasteiger partial charge in [-0.3, -0.25) is 14.4 Å². The van der Waals surface area contributed by atoms with Crippen LogP contribution in [0, 0.1) is 10.7 Å². The van der Waals surface area contributed by atoms with Crippen LogP contribution in [-0.4, -0.2) is 70.1 Å². The van der Waals surface area contributed by atoms with Crippen LogP contribution in [0.2, 0.25) is 0 Å². The van der Waals surface area contributed by atoms with Gasteiger partial charge < -0.3 is 4.74 Å². The number of likely N-dealkylation sites (tertiary alicyclic amines) is 1. The number of rotatable bonds is 7. The predicted octanol–water partition coefficient (Wildman–Crippen LogP) is 3.34. The van der Waals surface area contributed by atoms with Crippen molar-refractivity contribution in [2.75, 3.05) is 45.9 Å². The molecule has 5 rings (SSSR count). The van der Waals surface area contributed by atoms with Crippen molar-refractivity contribution in [2.24, 2.45) is 5.92 Å². The van der Waals surface area contributed by atoms with E-state index in [1.807, 2.05) is 0 Å². The van der Waals surface area contributed by atoms with Crippen molar-refractivity contribution in [3.63, 3.8) is 0 Å². The highest BCUT2D eigenvalue weighted by Crippen LogP contribution is 2.39. The van der Waals surface area contributed by atoms with Gasteiger partial charge in [-0.25, -0.2) is 4.68 Å². The minimum atomic E-state index is 0.593. The molecule has 0 atom stereocenters. The molecule has 0 N–H and O–H groups in total. The van der Waals surface area contributed by atoms with E-state index in [4.69, 9.17) is 22.1 Å². The maximum atomic E-state index is 5.88. The molecule has 0 bridgehead atoms. The van der Waals surface area contributed by atoms with E-state index in [-0.39, 0.29) is 0 Å². The van der Waals surface area contributed by atoms with Crippen molar-refractivity contribution < 1.29 is 4.74 Å². The Balaban J connectivity index is 1.21. The van der Waals surface area contributed by atoms with Gasteiger partial charge in [-0.2, -0.15) is 5.10 Å². The van der Waals surface area contributed by atoms with Gasteiger partial charge in [-0.1, -0.05) is 30.3 Å². The molecule has 2 aliphatic heterocycles. The fourth-order valence-electron chi connectivity index (χ4n) is 4.76. The van der Waals surface area contributed by atoms with E-state index in [2.05, 4.69) is 49.4 Å². The van der Waals surface area contributed by atoms with Gasteiger partial charge in [-0.05, 0) is 49.4 Å². The molecular weight excluding hydrogens is 394 g/mol. The summed E-state index contributed by atoms with van der Waals surface area (Å²) in [6.45, 7) is 9.14. The Labute approximate surface area is 184 Å². The SMILES string of the molecule is S=c1n(CN2CCC(CN3CCOCC3)CC2)nc(C2CC2)n1Cc1ccccc1. The van der Waals surface area contributed by atoms with Crippen LogP contribution in [0.5, 0.6) is 0 Å². The number of nitrogens with zero attached hydrogens (tertiary/aromatic N) is 5. The Hall–Kier alpha value is -1.54. The van der Waals surface area contributed by atoms with Gasteiger partial charge >= 0.3 is 0 Å². The first-order valence-electron chi connectivity index (χ1n) is 11.5. The summed E-state index contributed by atoms with van der Waals surface area (Å²) in [6.07, 6.45) is 5.02. The van der Waals surface area contributed by atoms with Gasteiger partial charge in [0.2, 0.25) is 0 Å². The Morgan fingerprint density at radius 3 is 2.37 bits per heavy atom. The molecule has 3 aliphatic rings. The van der Waals surface area contributed by atoms with E-state index in [9.17, 15) is 0 Å². The van der Waals surface area contributed by atoms with Gasteiger partial charge in [0.25, 0.3) is 0 Å². The summed E-state index contributed by atoms with van der Waals surface area (Å²) < 4.78 is 10.7. The molecule has 0 radical (unpaired) electrons. The first-order chi connectivity index (χ1) is 14.8. The molecule has 7 heteroatoms. The summed E-state index contributed by atoms with van der Waals surface area (Å²) in [5.74, 6) is 2.59. The largest absolute Gasteiger partial charge is 0.379 e. The molecule has 6 nitrogen and oxygen atoms in total. The van der Waals surface area contributed by atoms with Crippen LogP contribution in [-0.2, 0) is 18.0 Å². The van der Waals surface area contributed by atoms with Crippen LogP contribution in [0.15, 0.2) is 30.3 Å². The number of ether oxygens (including phenoxy) is 1. The molecule has 1 saturated carbocycles. The summed E-state index contributed by atoms with van der Waals surface area (Å²) >= 11 is 5.88. The van der Waals surface area contributed by atoms with Crippen molar-refractivity contribution >= 4 is 12.2 Å². The number of hydrogen-bond donors (Lipinski definition) is 0. The second-order valence-electron chi connectivity index (χ2n) is 9.10. The Morgan fingerprint density at radius 2 is 1.67 bits per heavy atom. The average molecular weight is 428 g/mol. The maximum Gasteiger partial charge on any atom is 0.199 e. The third kappa shape index (κ3) is 4.85. The lowest BCUT2D eigenvalue weighted by atomic mass is 9.96.